The summed E-state index contributed by atoms with van der Waals surface area (Å²) in [6, 6.07) is 28.5. The molecule has 2 aliphatic heterocycles. The Kier molecular flexibility index (Phi) is 5.89. The number of thioether (sulfide) groups is 2. The van der Waals surface area contributed by atoms with E-state index in [1.807, 2.05) is 23.5 Å². The molecule has 0 amide bonds. The lowest BCUT2D eigenvalue weighted by Gasteiger charge is -2.33. The molecule has 0 bridgehead atoms. The summed E-state index contributed by atoms with van der Waals surface area (Å²) in [5.41, 5.74) is 10.2. The van der Waals surface area contributed by atoms with Crippen LogP contribution in [0.4, 0.5) is 0 Å². The van der Waals surface area contributed by atoms with Crippen LogP contribution in [0.25, 0.3) is 34.1 Å². The summed E-state index contributed by atoms with van der Waals surface area (Å²) in [4.78, 5) is 13.3. The number of rotatable bonds is 3. The Bertz CT molecular complexity index is 2240. The van der Waals surface area contributed by atoms with Crippen molar-refractivity contribution >= 4 is 46.2 Å². The van der Waals surface area contributed by atoms with E-state index in [-0.39, 0.29) is 22.5 Å². The van der Waals surface area contributed by atoms with Gasteiger partial charge in [0.25, 0.3) is 0 Å². The predicted octanol–water partition coefficient (Wildman–Crippen LogP) is 10.5. The van der Waals surface area contributed by atoms with Gasteiger partial charge in [-0.25, -0.2) is 9.97 Å². The number of para-hydroxylation sites is 1. The van der Waals surface area contributed by atoms with Gasteiger partial charge in [-0.05, 0) is 36.3 Å². The van der Waals surface area contributed by atoms with Gasteiger partial charge in [-0.1, -0.05) is 116 Å². The lowest BCUT2D eigenvalue weighted by Crippen LogP contribution is -2.26. The number of benzene rings is 3. The van der Waals surface area contributed by atoms with Crippen LogP contribution in [-0.2, 0) is 5.41 Å². The Labute approximate surface area is 277 Å². The quantitative estimate of drug-likeness (QED) is 0.199. The van der Waals surface area contributed by atoms with Crippen LogP contribution in [0.3, 0.4) is 0 Å². The maximum Gasteiger partial charge on any atom is 0.159 e. The molecule has 5 aromatic rings. The minimum atomic E-state index is -0.0365. The van der Waals surface area contributed by atoms with Crippen molar-refractivity contribution in [3.05, 3.63) is 156 Å². The minimum Gasteiger partial charge on any atom is -0.312 e. The summed E-state index contributed by atoms with van der Waals surface area (Å²) >= 11 is 4.00. The van der Waals surface area contributed by atoms with Crippen molar-refractivity contribution in [2.24, 2.45) is 0 Å². The van der Waals surface area contributed by atoms with Crippen LogP contribution in [0.15, 0.2) is 137 Å². The molecular formula is C41H31N3S2. The van der Waals surface area contributed by atoms with Crippen molar-refractivity contribution in [1.29, 1.82) is 0 Å². The summed E-state index contributed by atoms with van der Waals surface area (Å²) in [5.74, 6) is 1.24. The molecule has 3 aromatic carbocycles. The summed E-state index contributed by atoms with van der Waals surface area (Å²) < 4.78 is 2.57. The standard InChI is InChI=1S/C41H31N3S2/c1-41-24-23-31-34(39(41)45-33-22-11-9-19-29(33)41)27-17-8-10-20-30(27)44(31)32-21-12-18-28-36-38(46-37(28)32)35(25-13-4-2-5-14-25)42-40(43-36)26-15-6-3-7-16-26/h2-13,15-25,28,37,39H,14H2,1H3. The van der Waals surface area contributed by atoms with E-state index in [2.05, 4.69) is 145 Å². The molecule has 3 nitrogen and oxygen atoms in total. The fourth-order valence-electron chi connectivity index (χ4n) is 8.13. The Morgan fingerprint density at radius 3 is 2.54 bits per heavy atom. The second kappa shape index (κ2) is 10.1. The summed E-state index contributed by atoms with van der Waals surface area (Å²) in [6.45, 7) is 2.42. The summed E-state index contributed by atoms with van der Waals surface area (Å²) in [6.07, 6.45) is 21.7. The number of allylic oxidation sites excluding steroid dienone is 8. The van der Waals surface area contributed by atoms with E-state index >= 15 is 0 Å². The number of hydrogen-bond acceptors (Lipinski definition) is 4. The molecule has 222 valence electrons. The van der Waals surface area contributed by atoms with E-state index in [4.69, 9.17) is 9.97 Å². The van der Waals surface area contributed by atoms with Crippen LogP contribution >= 0.6 is 23.5 Å². The van der Waals surface area contributed by atoms with Gasteiger partial charge in [-0.2, -0.15) is 0 Å². The fourth-order valence-corrected chi connectivity index (χ4v) is 11.3. The normalized spacial score (nSPS) is 26.4. The second-order valence-corrected chi connectivity index (χ2v) is 15.3. The third-order valence-electron chi connectivity index (χ3n) is 10.4. The molecule has 5 atom stereocenters. The zero-order chi connectivity index (χ0) is 30.4. The number of hydrogen-bond donors (Lipinski definition) is 0. The van der Waals surface area contributed by atoms with Gasteiger partial charge in [0.2, 0.25) is 0 Å². The highest BCUT2D eigenvalue weighted by Gasteiger charge is 2.48. The van der Waals surface area contributed by atoms with E-state index in [0.717, 1.165) is 23.5 Å². The zero-order valence-corrected chi connectivity index (χ0v) is 27.0. The molecule has 4 heterocycles. The van der Waals surface area contributed by atoms with Crippen molar-refractivity contribution in [3.63, 3.8) is 0 Å². The Morgan fingerprint density at radius 1 is 0.826 bits per heavy atom. The molecule has 5 heteroatoms. The van der Waals surface area contributed by atoms with Crippen LogP contribution in [0.2, 0.25) is 0 Å². The third-order valence-corrected chi connectivity index (χ3v) is 13.4. The number of fused-ring (bicyclic) bond motifs is 10. The smallest absolute Gasteiger partial charge is 0.159 e. The van der Waals surface area contributed by atoms with Gasteiger partial charge in [0.05, 0.1) is 38.0 Å². The lowest BCUT2D eigenvalue weighted by molar-refractivity contribution is 0.583. The molecule has 0 saturated carbocycles. The van der Waals surface area contributed by atoms with E-state index in [9.17, 15) is 0 Å². The topological polar surface area (TPSA) is 30.7 Å². The largest absolute Gasteiger partial charge is 0.312 e. The molecule has 5 unspecified atom stereocenters. The minimum absolute atomic E-state index is 0.0365. The molecule has 0 spiro atoms. The Balaban J connectivity index is 1.13. The van der Waals surface area contributed by atoms with E-state index in [1.165, 1.54) is 48.9 Å². The van der Waals surface area contributed by atoms with E-state index in [1.54, 1.807) is 0 Å². The van der Waals surface area contributed by atoms with Gasteiger partial charge < -0.3 is 4.57 Å². The highest BCUT2D eigenvalue weighted by atomic mass is 32.2. The first-order valence-corrected chi connectivity index (χ1v) is 17.9. The summed E-state index contributed by atoms with van der Waals surface area (Å²) in [5, 5.41) is 1.89. The molecule has 2 aromatic heterocycles. The van der Waals surface area contributed by atoms with Gasteiger partial charge in [0.1, 0.15) is 0 Å². The van der Waals surface area contributed by atoms with E-state index < -0.39 is 0 Å². The highest BCUT2D eigenvalue weighted by Crippen LogP contribution is 2.63. The second-order valence-electron chi connectivity index (χ2n) is 13.0. The van der Waals surface area contributed by atoms with Crippen LogP contribution in [-0.4, -0.2) is 19.8 Å². The van der Waals surface area contributed by atoms with Crippen molar-refractivity contribution < 1.29 is 0 Å². The molecule has 5 aliphatic rings. The fraction of sp³-hybridized carbons (Fsp3) is 0.171. The third kappa shape index (κ3) is 3.76. The average molecular weight is 630 g/mol. The Morgan fingerprint density at radius 2 is 1.65 bits per heavy atom. The zero-order valence-electron chi connectivity index (χ0n) is 25.4. The predicted molar refractivity (Wildman–Crippen MR) is 192 cm³/mol. The number of aromatic nitrogens is 3. The first kappa shape index (κ1) is 26.9. The maximum absolute atomic E-state index is 5.33. The van der Waals surface area contributed by atoms with Crippen molar-refractivity contribution in [3.8, 4) is 11.4 Å². The molecule has 0 N–H and O–H groups in total. The summed E-state index contributed by atoms with van der Waals surface area (Å²) in [7, 11) is 0. The van der Waals surface area contributed by atoms with Crippen molar-refractivity contribution in [2.75, 3.05) is 0 Å². The molecule has 0 saturated heterocycles. The molecule has 46 heavy (non-hydrogen) atoms. The first-order chi connectivity index (χ1) is 22.7. The lowest BCUT2D eigenvalue weighted by atomic mass is 9.73. The number of nitrogens with zero attached hydrogens (tertiary/aromatic N) is 3. The molecule has 0 radical (unpaired) electrons. The van der Waals surface area contributed by atoms with Gasteiger partial charge in [-0.15, -0.1) is 23.5 Å². The molecular weight excluding hydrogens is 599 g/mol. The van der Waals surface area contributed by atoms with Crippen molar-refractivity contribution in [1.82, 2.24) is 14.5 Å². The molecule has 0 fully saturated rings. The first-order valence-electron chi connectivity index (χ1n) is 16.1. The van der Waals surface area contributed by atoms with Crippen LogP contribution in [0, 0.1) is 0 Å². The Hall–Kier alpha value is -4.32. The van der Waals surface area contributed by atoms with Crippen LogP contribution < -0.4 is 0 Å². The highest BCUT2D eigenvalue weighted by molar-refractivity contribution is 8.00. The van der Waals surface area contributed by atoms with Gasteiger partial charge >= 0.3 is 0 Å². The van der Waals surface area contributed by atoms with Gasteiger partial charge in [0, 0.05) is 44.4 Å². The van der Waals surface area contributed by atoms with Gasteiger partial charge in [-0.3, -0.25) is 0 Å². The van der Waals surface area contributed by atoms with Crippen LogP contribution in [0.1, 0.15) is 58.6 Å². The molecule has 3 aliphatic carbocycles. The van der Waals surface area contributed by atoms with E-state index in [0.29, 0.717) is 5.25 Å². The maximum atomic E-state index is 5.33. The van der Waals surface area contributed by atoms with Crippen LogP contribution in [0.5, 0.6) is 0 Å². The SMILES string of the molecule is CC12C=Cc3c(c4ccccc4n3C3=CC=CC4c5nc(-c6ccccc6)nc(C6C=CC=CC6)c5SC34)C1Sc1ccccc12. The monoisotopic (exact) mass is 629 g/mol. The van der Waals surface area contributed by atoms with Crippen molar-refractivity contribution in [2.45, 2.75) is 50.9 Å². The van der Waals surface area contributed by atoms with Gasteiger partial charge in [0.15, 0.2) is 5.82 Å². The molecule has 10 rings (SSSR count). The average Bonchev–Trinajstić information content (AvgIpc) is 3.76.